The summed E-state index contributed by atoms with van der Waals surface area (Å²) in [6, 6.07) is 16.6. The number of nitrogens with zero attached hydrogens (tertiary/aromatic N) is 4. The third-order valence-corrected chi connectivity index (χ3v) is 6.75. The van der Waals surface area contributed by atoms with Crippen molar-refractivity contribution in [1.82, 2.24) is 24.8 Å². The predicted molar refractivity (Wildman–Crippen MR) is 141 cm³/mol. The van der Waals surface area contributed by atoms with Crippen molar-refractivity contribution in [3.63, 3.8) is 0 Å². The van der Waals surface area contributed by atoms with Crippen LogP contribution in [-0.4, -0.2) is 52.4 Å². The highest BCUT2D eigenvalue weighted by molar-refractivity contribution is 5.97. The van der Waals surface area contributed by atoms with Gasteiger partial charge in [0.2, 0.25) is 5.88 Å². The van der Waals surface area contributed by atoms with Gasteiger partial charge in [0.05, 0.1) is 36.9 Å². The van der Waals surface area contributed by atoms with Gasteiger partial charge >= 0.3 is 0 Å². The van der Waals surface area contributed by atoms with Crippen molar-refractivity contribution in [2.45, 2.75) is 12.1 Å². The number of aromatic nitrogens is 4. The molecule has 2 N–H and O–H groups in total. The number of ether oxygens (including phenoxy) is 2. The minimum absolute atomic E-state index is 0.0605. The third kappa shape index (κ3) is 4.25. The Bertz CT molecular complexity index is 1510. The van der Waals surface area contributed by atoms with Gasteiger partial charge in [0.15, 0.2) is 0 Å². The van der Waals surface area contributed by atoms with E-state index in [2.05, 4.69) is 73.7 Å². The molecule has 1 aliphatic heterocycles. The van der Waals surface area contributed by atoms with Crippen molar-refractivity contribution in [2.24, 2.45) is 7.05 Å². The molecule has 3 aromatic heterocycles. The fourth-order valence-corrected chi connectivity index (χ4v) is 4.87. The van der Waals surface area contributed by atoms with Crippen LogP contribution in [-0.2, 0) is 11.8 Å². The number of fused-ring (bicyclic) bond motifs is 2. The minimum Gasteiger partial charge on any atom is -0.481 e. The lowest BCUT2D eigenvalue weighted by molar-refractivity contribution is 0.0164. The standard InChI is InChI=1S/C28H28N6O2/c1-34-11-7-18-3-4-19(13-24(18)34)22-14-21(15-23-28(22)31-9-8-30-23)33-27(25-17-29-10-12-36-25)20-5-6-26(35-2)32-16-20/h3-9,11,13-16,25,27,29,33H,10,12,17H2,1-2H3/t25?,27-/m0/s1. The molecule has 36 heavy (non-hydrogen) atoms. The monoisotopic (exact) mass is 480 g/mol. The first-order valence-electron chi connectivity index (χ1n) is 12.1. The maximum atomic E-state index is 6.16. The topological polar surface area (TPSA) is 86.1 Å². The highest BCUT2D eigenvalue weighted by Gasteiger charge is 2.27. The molecule has 2 aromatic carbocycles. The molecule has 8 nitrogen and oxygen atoms in total. The van der Waals surface area contributed by atoms with Crippen LogP contribution in [0.4, 0.5) is 5.69 Å². The van der Waals surface area contributed by atoms with Gasteiger partial charge in [-0.1, -0.05) is 12.1 Å². The molecule has 1 aliphatic rings. The first kappa shape index (κ1) is 22.5. The summed E-state index contributed by atoms with van der Waals surface area (Å²) in [7, 11) is 3.68. The van der Waals surface area contributed by atoms with Crippen LogP contribution in [0.3, 0.4) is 0 Å². The quantitative estimate of drug-likeness (QED) is 0.374. The fraction of sp³-hybridized carbons (Fsp3) is 0.250. The van der Waals surface area contributed by atoms with Gasteiger partial charge < -0.3 is 24.7 Å². The zero-order chi connectivity index (χ0) is 24.5. The van der Waals surface area contributed by atoms with Crippen molar-refractivity contribution >= 4 is 27.6 Å². The molecule has 8 heteroatoms. The lowest BCUT2D eigenvalue weighted by Crippen LogP contribution is -2.44. The van der Waals surface area contributed by atoms with Gasteiger partial charge in [0.1, 0.15) is 0 Å². The van der Waals surface area contributed by atoms with Crippen LogP contribution in [0, 0.1) is 0 Å². The number of nitrogens with one attached hydrogen (secondary N) is 2. The van der Waals surface area contributed by atoms with Crippen LogP contribution in [0.25, 0.3) is 33.1 Å². The number of aryl methyl sites for hydroxylation is 1. The molecule has 0 saturated carbocycles. The van der Waals surface area contributed by atoms with Crippen LogP contribution in [0.1, 0.15) is 11.6 Å². The smallest absolute Gasteiger partial charge is 0.212 e. The number of benzene rings is 2. The van der Waals surface area contributed by atoms with Gasteiger partial charge in [-0.15, -0.1) is 0 Å². The van der Waals surface area contributed by atoms with Gasteiger partial charge in [-0.3, -0.25) is 9.97 Å². The van der Waals surface area contributed by atoms with Crippen molar-refractivity contribution in [1.29, 1.82) is 0 Å². The fourth-order valence-electron chi connectivity index (χ4n) is 4.87. The number of pyridine rings is 1. The first-order valence-corrected chi connectivity index (χ1v) is 12.1. The average molecular weight is 481 g/mol. The molecule has 1 saturated heterocycles. The number of rotatable bonds is 6. The maximum Gasteiger partial charge on any atom is 0.212 e. The Kier molecular flexibility index (Phi) is 5.96. The summed E-state index contributed by atoms with van der Waals surface area (Å²) >= 11 is 0. The van der Waals surface area contributed by atoms with E-state index in [1.165, 1.54) is 10.9 Å². The molecule has 0 spiro atoms. The molecule has 182 valence electrons. The molecular formula is C28H28N6O2. The van der Waals surface area contributed by atoms with Gasteiger partial charge in [0.25, 0.3) is 0 Å². The van der Waals surface area contributed by atoms with Crippen molar-refractivity contribution < 1.29 is 9.47 Å². The summed E-state index contributed by atoms with van der Waals surface area (Å²) in [6.45, 7) is 2.26. The lowest BCUT2D eigenvalue weighted by atomic mass is 9.99. The van der Waals surface area contributed by atoms with Crippen LogP contribution < -0.4 is 15.4 Å². The van der Waals surface area contributed by atoms with E-state index < -0.39 is 0 Å². The van der Waals surface area contributed by atoms with Crippen molar-refractivity contribution in [2.75, 3.05) is 32.1 Å². The van der Waals surface area contributed by atoms with Gasteiger partial charge in [-0.25, -0.2) is 4.98 Å². The zero-order valence-electron chi connectivity index (χ0n) is 20.3. The number of hydrogen-bond donors (Lipinski definition) is 2. The normalized spacial score (nSPS) is 16.8. The summed E-state index contributed by atoms with van der Waals surface area (Å²) < 4.78 is 13.6. The number of anilines is 1. The van der Waals surface area contributed by atoms with Crippen LogP contribution in [0.2, 0.25) is 0 Å². The summed E-state index contributed by atoms with van der Waals surface area (Å²) in [5.74, 6) is 0.583. The Balaban J connectivity index is 1.44. The van der Waals surface area contributed by atoms with Gasteiger partial charge in [-0.05, 0) is 46.8 Å². The van der Waals surface area contributed by atoms with Gasteiger partial charge in [0, 0.05) is 67.8 Å². The lowest BCUT2D eigenvalue weighted by Gasteiger charge is -2.32. The van der Waals surface area contributed by atoms with E-state index in [1.807, 2.05) is 24.4 Å². The average Bonchev–Trinajstić information content (AvgIpc) is 3.31. The molecule has 0 radical (unpaired) electrons. The molecule has 6 rings (SSSR count). The van der Waals surface area contributed by atoms with Crippen LogP contribution >= 0.6 is 0 Å². The summed E-state index contributed by atoms with van der Waals surface area (Å²) in [5, 5.41) is 8.38. The molecular weight excluding hydrogens is 452 g/mol. The van der Waals surface area contributed by atoms with E-state index in [9.17, 15) is 0 Å². The predicted octanol–water partition coefficient (Wildman–Crippen LogP) is 4.33. The van der Waals surface area contributed by atoms with E-state index in [0.717, 1.165) is 46.5 Å². The van der Waals surface area contributed by atoms with Crippen LogP contribution in [0.15, 0.2) is 73.3 Å². The second-order valence-electron chi connectivity index (χ2n) is 9.02. The molecule has 0 aliphatic carbocycles. The largest absolute Gasteiger partial charge is 0.481 e. The van der Waals surface area contributed by atoms with Crippen molar-refractivity contribution in [3.8, 4) is 17.0 Å². The maximum absolute atomic E-state index is 6.16. The van der Waals surface area contributed by atoms with E-state index in [4.69, 9.17) is 9.47 Å². The molecule has 1 unspecified atom stereocenters. The minimum atomic E-state index is -0.117. The Morgan fingerprint density at radius 1 is 1.08 bits per heavy atom. The molecule has 0 amide bonds. The third-order valence-electron chi connectivity index (χ3n) is 6.75. The summed E-state index contributed by atoms with van der Waals surface area (Å²) in [4.78, 5) is 13.8. The number of morpholine rings is 1. The summed E-state index contributed by atoms with van der Waals surface area (Å²) in [6.07, 6.45) is 7.34. The molecule has 4 heterocycles. The number of hydrogen-bond acceptors (Lipinski definition) is 7. The molecule has 1 fully saturated rings. The number of methoxy groups -OCH3 is 1. The van der Waals surface area contributed by atoms with E-state index in [0.29, 0.717) is 12.5 Å². The second-order valence-corrected chi connectivity index (χ2v) is 9.02. The van der Waals surface area contributed by atoms with E-state index >= 15 is 0 Å². The van der Waals surface area contributed by atoms with E-state index in [-0.39, 0.29) is 12.1 Å². The van der Waals surface area contributed by atoms with Gasteiger partial charge in [-0.2, -0.15) is 0 Å². The molecule has 2 atom stereocenters. The Hall–Kier alpha value is -4.01. The highest BCUT2D eigenvalue weighted by Crippen LogP contribution is 2.34. The highest BCUT2D eigenvalue weighted by atomic mass is 16.5. The Labute approximate surface area is 209 Å². The second kappa shape index (κ2) is 9.56. The zero-order valence-corrected chi connectivity index (χ0v) is 20.3. The Morgan fingerprint density at radius 3 is 2.81 bits per heavy atom. The Morgan fingerprint density at radius 2 is 2.00 bits per heavy atom. The first-order chi connectivity index (χ1) is 17.7. The van der Waals surface area contributed by atoms with Crippen LogP contribution in [0.5, 0.6) is 5.88 Å². The molecule has 0 bridgehead atoms. The van der Waals surface area contributed by atoms with E-state index in [1.54, 1.807) is 19.5 Å². The van der Waals surface area contributed by atoms with Crippen molar-refractivity contribution in [3.05, 3.63) is 78.9 Å². The SMILES string of the molecule is COc1ccc([C@H](Nc2cc(-c3ccc4ccn(C)c4c3)c3nccnc3c2)C2CNCCO2)cn1. The molecule has 5 aromatic rings. The summed E-state index contributed by atoms with van der Waals surface area (Å²) in [5.41, 5.74) is 6.97.